The fourth-order valence-electron chi connectivity index (χ4n) is 3.62. The minimum Gasteiger partial charge on any atom is -0.361 e. The minimum absolute atomic E-state index is 0.0653. The molecule has 4 rings (SSSR count). The standard InChI is InChI=1S/C22H25N3O/c1-15-6-4-10-20(24-15)22(16-12-13-16)25-21(26)11-5-7-17-14-23-19-9-3-2-8-18(17)19/h2-4,6,8-10,14,16,22-23H,5,7,11-13H2,1H3,(H,25,26)/t22-/m0/s1. The van der Waals surface area contributed by atoms with Gasteiger partial charge in [0.25, 0.3) is 0 Å². The number of amides is 1. The highest BCUT2D eigenvalue weighted by Gasteiger charge is 2.34. The van der Waals surface area contributed by atoms with Crippen LogP contribution in [0.3, 0.4) is 0 Å². The molecule has 134 valence electrons. The molecular weight excluding hydrogens is 322 g/mol. The Kier molecular flexibility index (Phi) is 4.74. The topological polar surface area (TPSA) is 57.8 Å². The lowest BCUT2D eigenvalue weighted by molar-refractivity contribution is -0.122. The van der Waals surface area contributed by atoms with Crippen LogP contribution < -0.4 is 5.32 Å². The lowest BCUT2D eigenvalue weighted by atomic mass is 10.1. The predicted molar refractivity (Wildman–Crippen MR) is 104 cm³/mol. The van der Waals surface area contributed by atoms with Crippen LogP contribution in [0, 0.1) is 12.8 Å². The van der Waals surface area contributed by atoms with Crippen molar-refractivity contribution in [3.63, 3.8) is 0 Å². The first-order valence-corrected chi connectivity index (χ1v) is 9.48. The summed E-state index contributed by atoms with van der Waals surface area (Å²) in [4.78, 5) is 20.4. The Labute approximate surface area is 154 Å². The summed E-state index contributed by atoms with van der Waals surface area (Å²) in [6, 6.07) is 14.4. The Morgan fingerprint density at radius 2 is 2.08 bits per heavy atom. The molecule has 0 spiro atoms. The average molecular weight is 347 g/mol. The van der Waals surface area contributed by atoms with E-state index in [0.29, 0.717) is 12.3 Å². The van der Waals surface area contributed by atoms with Crippen molar-refractivity contribution in [2.75, 3.05) is 0 Å². The van der Waals surface area contributed by atoms with Crippen LogP contribution in [0.4, 0.5) is 0 Å². The first-order valence-electron chi connectivity index (χ1n) is 9.48. The van der Waals surface area contributed by atoms with Gasteiger partial charge in [-0.15, -0.1) is 0 Å². The van der Waals surface area contributed by atoms with E-state index in [9.17, 15) is 4.79 Å². The molecule has 2 N–H and O–H groups in total. The lowest BCUT2D eigenvalue weighted by Gasteiger charge is -2.18. The van der Waals surface area contributed by atoms with Gasteiger partial charge in [0.05, 0.1) is 11.7 Å². The van der Waals surface area contributed by atoms with Gasteiger partial charge in [-0.3, -0.25) is 9.78 Å². The largest absolute Gasteiger partial charge is 0.361 e. The van der Waals surface area contributed by atoms with Crippen LogP contribution in [0.25, 0.3) is 10.9 Å². The van der Waals surface area contributed by atoms with E-state index in [2.05, 4.69) is 39.7 Å². The van der Waals surface area contributed by atoms with Crippen molar-refractivity contribution in [3.05, 3.63) is 65.6 Å². The van der Waals surface area contributed by atoms with Gasteiger partial charge in [-0.05, 0) is 62.3 Å². The number of para-hydroxylation sites is 1. The van der Waals surface area contributed by atoms with Crippen LogP contribution in [0.2, 0.25) is 0 Å². The summed E-state index contributed by atoms with van der Waals surface area (Å²) in [5.74, 6) is 0.673. The average Bonchev–Trinajstić information content (AvgIpc) is 3.41. The number of aromatic amines is 1. The number of H-pyrrole nitrogens is 1. The molecule has 0 aliphatic heterocycles. The number of rotatable bonds is 7. The molecule has 2 aromatic heterocycles. The van der Waals surface area contributed by atoms with Crippen molar-refractivity contribution in [1.82, 2.24) is 15.3 Å². The maximum Gasteiger partial charge on any atom is 0.220 e. The van der Waals surface area contributed by atoms with Gasteiger partial charge in [0.15, 0.2) is 0 Å². The number of aromatic nitrogens is 2. The molecule has 1 aliphatic carbocycles. The summed E-state index contributed by atoms with van der Waals surface area (Å²) < 4.78 is 0. The maximum atomic E-state index is 12.5. The number of fused-ring (bicyclic) bond motifs is 1. The summed E-state index contributed by atoms with van der Waals surface area (Å²) in [5, 5.41) is 4.49. The SMILES string of the molecule is Cc1cccc([C@@H](NC(=O)CCCc2c[nH]c3ccccc23)C2CC2)n1. The Morgan fingerprint density at radius 1 is 1.23 bits per heavy atom. The normalized spacial score (nSPS) is 15.1. The van der Waals surface area contributed by atoms with Crippen LogP contribution in [0.15, 0.2) is 48.7 Å². The second kappa shape index (κ2) is 7.32. The summed E-state index contributed by atoms with van der Waals surface area (Å²) in [6.07, 6.45) is 6.73. The van der Waals surface area contributed by atoms with Gasteiger partial charge in [0.2, 0.25) is 5.91 Å². The van der Waals surface area contributed by atoms with E-state index < -0.39 is 0 Å². The fraction of sp³-hybridized carbons (Fsp3) is 0.364. The van der Waals surface area contributed by atoms with Crippen molar-refractivity contribution in [3.8, 4) is 0 Å². The third-order valence-electron chi connectivity index (χ3n) is 5.16. The van der Waals surface area contributed by atoms with Gasteiger partial charge in [0, 0.05) is 29.2 Å². The minimum atomic E-state index is 0.0653. The molecular formula is C22H25N3O. The number of carbonyl (C=O) groups is 1. The fourth-order valence-corrected chi connectivity index (χ4v) is 3.62. The lowest BCUT2D eigenvalue weighted by Crippen LogP contribution is -2.30. The third kappa shape index (κ3) is 3.79. The van der Waals surface area contributed by atoms with Crippen molar-refractivity contribution < 1.29 is 4.79 Å². The molecule has 1 atom stereocenters. The quantitative estimate of drug-likeness (QED) is 0.663. The molecule has 1 aromatic carbocycles. The van der Waals surface area contributed by atoms with E-state index in [1.54, 1.807) is 0 Å². The van der Waals surface area contributed by atoms with E-state index >= 15 is 0 Å². The van der Waals surface area contributed by atoms with Gasteiger partial charge in [0.1, 0.15) is 0 Å². The number of carbonyl (C=O) groups excluding carboxylic acids is 1. The van der Waals surface area contributed by atoms with Gasteiger partial charge >= 0.3 is 0 Å². The molecule has 1 saturated carbocycles. The summed E-state index contributed by atoms with van der Waals surface area (Å²) in [5.41, 5.74) is 4.44. The zero-order chi connectivity index (χ0) is 17.9. The smallest absolute Gasteiger partial charge is 0.220 e. The highest BCUT2D eigenvalue weighted by molar-refractivity contribution is 5.83. The maximum absolute atomic E-state index is 12.5. The third-order valence-corrected chi connectivity index (χ3v) is 5.16. The molecule has 0 unspecified atom stereocenters. The molecule has 3 aromatic rings. The number of nitrogens with zero attached hydrogens (tertiary/aromatic N) is 1. The predicted octanol–water partition coefficient (Wildman–Crippen LogP) is 4.46. The Morgan fingerprint density at radius 3 is 2.88 bits per heavy atom. The molecule has 2 heterocycles. The zero-order valence-electron chi connectivity index (χ0n) is 15.2. The van der Waals surface area contributed by atoms with E-state index in [0.717, 1.165) is 29.7 Å². The summed E-state index contributed by atoms with van der Waals surface area (Å²) >= 11 is 0. The molecule has 1 aliphatic rings. The van der Waals surface area contributed by atoms with Crippen LogP contribution >= 0.6 is 0 Å². The Hall–Kier alpha value is -2.62. The highest BCUT2D eigenvalue weighted by atomic mass is 16.1. The number of benzene rings is 1. The van der Waals surface area contributed by atoms with Gasteiger partial charge < -0.3 is 10.3 Å². The molecule has 0 saturated heterocycles. The summed E-state index contributed by atoms with van der Waals surface area (Å²) in [6.45, 7) is 2.00. The monoisotopic (exact) mass is 347 g/mol. The van der Waals surface area contributed by atoms with Gasteiger partial charge in [-0.25, -0.2) is 0 Å². The number of pyridine rings is 1. The molecule has 4 nitrogen and oxygen atoms in total. The zero-order valence-corrected chi connectivity index (χ0v) is 15.2. The van der Waals surface area contributed by atoms with E-state index in [-0.39, 0.29) is 11.9 Å². The number of hydrogen-bond acceptors (Lipinski definition) is 2. The molecule has 1 fully saturated rings. The van der Waals surface area contributed by atoms with Crippen molar-refractivity contribution in [1.29, 1.82) is 0 Å². The second-order valence-electron chi connectivity index (χ2n) is 7.30. The Bertz CT molecular complexity index is 910. The van der Waals surface area contributed by atoms with Gasteiger partial charge in [-0.2, -0.15) is 0 Å². The molecule has 0 radical (unpaired) electrons. The Balaban J connectivity index is 1.34. The first kappa shape index (κ1) is 16.8. The number of hydrogen-bond donors (Lipinski definition) is 2. The number of aryl methyl sites for hydroxylation is 2. The van der Waals surface area contributed by atoms with Crippen molar-refractivity contribution in [2.24, 2.45) is 5.92 Å². The molecule has 1 amide bonds. The van der Waals surface area contributed by atoms with E-state index in [1.807, 2.05) is 31.2 Å². The molecule has 4 heteroatoms. The van der Waals surface area contributed by atoms with Crippen LogP contribution in [-0.4, -0.2) is 15.9 Å². The van der Waals surface area contributed by atoms with E-state index in [1.165, 1.54) is 23.8 Å². The number of nitrogens with one attached hydrogen (secondary N) is 2. The highest BCUT2D eigenvalue weighted by Crippen LogP contribution is 2.40. The molecule has 26 heavy (non-hydrogen) atoms. The van der Waals surface area contributed by atoms with Crippen molar-refractivity contribution in [2.45, 2.75) is 45.1 Å². The van der Waals surface area contributed by atoms with Crippen LogP contribution in [0.5, 0.6) is 0 Å². The van der Waals surface area contributed by atoms with Crippen LogP contribution in [0.1, 0.15) is 48.7 Å². The van der Waals surface area contributed by atoms with Crippen molar-refractivity contribution >= 4 is 16.8 Å². The summed E-state index contributed by atoms with van der Waals surface area (Å²) in [7, 11) is 0. The van der Waals surface area contributed by atoms with Gasteiger partial charge in [-0.1, -0.05) is 24.3 Å². The molecule has 0 bridgehead atoms. The van der Waals surface area contributed by atoms with Crippen LogP contribution in [-0.2, 0) is 11.2 Å². The first-order chi connectivity index (χ1) is 12.7. The van der Waals surface area contributed by atoms with E-state index in [4.69, 9.17) is 0 Å². The second-order valence-corrected chi connectivity index (χ2v) is 7.30.